The van der Waals surface area contributed by atoms with Gasteiger partial charge >= 0.3 is 0 Å². The lowest BCUT2D eigenvalue weighted by Crippen LogP contribution is -2.09. The molecule has 2 N–H and O–H groups in total. The molecule has 0 radical (unpaired) electrons. The molecule has 63 heavy (non-hydrogen) atoms. The maximum atomic E-state index is 6.76. The lowest BCUT2D eigenvalue weighted by Gasteiger charge is -2.25. The molecule has 0 atom stereocenters. The summed E-state index contributed by atoms with van der Waals surface area (Å²) in [5.41, 5.74) is 11.2. The summed E-state index contributed by atoms with van der Waals surface area (Å²) in [6, 6.07) is 54.0. The zero-order valence-corrected chi connectivity index (χ0v) is 36.3. The van der Waals surface area contributed by atoms with E-state index in [1.165, 1.54) is 0 Å². The quantitative estimate of drug-likeness (QED) is 0.119. The number of imidazole rings is 2. The van der Waals surface area contributed by atoms with Gasteiger partial charge in [0.15, 0.2) is 23.0 Å². The van der Waals surface area contributed by atoms with Gasteiger partial charge in [-0.2, -0.15) is 0 Å². The predicted octanol–water partition coefficient (Wildman–Crippen LogP) is 13.9. The minimum absolute atomic E-state index is 0.605. The number of para-hydroxylation sites is 1. The highest BCUT2D eigenvalue weighted by Gasteiger charge is 2.22. The number of halogens is 2. The number of aromatic nitrogens is 4. The molecule has 0 fully saturated rings. The number of hydrogen-bond acceptors (Lipinski definition) is 7. The number of hydrogen-bond donors (Lipinski definition) is 2. The molecule has 0 unspecified atom stereocenters. The van der Waals surface area contributed by atoms with Crippen LogP contribution in [0.2, 0.25) is 10.0 Å². The van der Waals surface area contributed by atoms with Crippen molar-refractivity contribution in [1.29, 1.82) is 0 Å². The van der Waals surface area contributed by atoms with Crippen molar-refractivity contribution in [2.75, 3.05) is 33.3 Å². The molecule has 0 saturated heterocycles. The summed E-state index contributed by atoms with van der Waals surface area (Å²) in [5, 5.41) is 1.22. The van der Waals surface area contributed by atoms with Crippen molar-refractivity contribution in [2.24, 2.45) is 0 Å². The van der Waals surface area contributed by atoms with Crippen LogP contribution in [0.1, 0.15) is 0 Å². The average Bonchev–Trinajstić information content (AvgIpc) is 3.98. The van der Waals surface area contributed by atoms with Crippen LogP contribution in [0.25, 0.3) is 67.8 Å². The zero-order chi connectivity index (χ0) is 43.5. The maximum absolute atomic E-state index is 6.76. The number of nitrogens with one attached hydrogen (secondary N) is 2. The van der Waals surface area contributed by atoms with Crippen molar-refractivity contribution >= 4 is 40.3 Å². The smallest absolute Gasteiger partial charge is 0.161 e. The van der Waals surface area contributed by atoms with E-state index in [2.05, 4.69) is 75.5 Å². The Bertz CT molecular complexity index is 2850. The molecule has 9 aromatic rings. The van der Waals surface area contributed by atoms with Gasteiger partial charge in [0.05, 0.1) is 51.2 Å². The average molecular weight is 871 g/mol. The lowest BCUT2D eigenvalue weighted by atomic mass is 10.0. The van der Waals surface area contributed by atoms with Gasteiger partial charge in [0.2, 0.25) is 0 Å². The molecule has 0 aliphatic rings. The van der Waals surface area contributed by atoms with Gasteiger partial charge in [0.1, 0.15) is 11.6 Å². The minimum atomic E-state index is 0.605. The lowest BCUT2D eigenvalue weighted by molar-refractivity contribution is 0.355. The summed E-state index contributed by atoms with van der Waals surface area (Å²) in [7, 11) is 6.48. The predicted molar refractivity (Wildman–Crippen MR) is 254 cm³/mol. The van der Waals surface area contributed by atoms with Gasteiger partial charge in [-0.1, -0.05) is 77.8 Å². The second kappa shape index (κ2) is 17.9. The SMILES string of the molecule is COc1ccc(-c2nc(-c3ccc(N(c4ccccc4)c4ccc(-c5nc(-c6ccc(OC)c(OC)c6)c(-c6ccccc6Cl)[nH]5)cc4)cc3)[nH]c2-c2ccccc2Cl)cc1OC. The molecule has 9 rings (SSSR count). The first-order valence-corrected chi connectivity index (χ1v) is 20.8. The third-order valence-corrected chi connectivity index (χ3v) is 11.5. The van der Waals surface area contributed by atoms with Crippen LogP contribution in [0.4, 0.5) is 17.1 Å². The van der Waals surface area contributed by atoms with Gasteiger partial charge in [0, 0.05) is 60.5 Å². The fourth-order valence-electron chi connectivity index (χ4n) is 7.68. The van der Waals surface area contributed by atoms with Crippen LogP contribution in [-0.2, 0) is 0 Å². The highest BCUT2D eigenvalue weighted by atomic mass is 35.5. The normalized spacial score (nSPS) is 11.0. The third kappa shape index (κ3) is 8.08. The molecule has 0 spiro atoms. The number of H-pyrrole nitrogens is 2. The number of nitrogens with zero attached hydrogens (tertiary/aromatic N) is 3. The second-order valence-electron chi connectivity index (χ2n) is 14.5. The molecule has 7 aromatic carbocycles. The number of aromatic amines is 2. The molecule has 312 valence electrons. The Morgan fingerprint density at radius 1 is 0.397 bits per heavy atom. The van der Waals surface area contributed by atoms with Gasteiger partial charge in [-0.3, -0.25) is 0 Å². The number of benzene rings is 7. The van der Waals surface area contributed by atoms with Crippen molar-refractivity contribution < 1.29 is 18.9 Å². The summed E-state index contributed by atoms with van der Waals surface area (Å²) in [5.74, 6) is 3.86. The Morgan fingerprint density at radius 2 is 0.762 bits per heavy atom. The maximum Gasteiger partial charge on any atom is 0.161 e. The highest BCUT2D eigenvalue weighted by molar-refractivity contribution is 6.33. The van der Waals surface area contributed by atoms with Crippen LogP contribution in [0.3, 0.4) is 0 Å². The number of anilines is 3. The van der Waals surface area contributed by atoms with E-state index in [0.717, 1.165) is 73.2 Å². The van der Waals surface area contributed by atoms with E-state index in [4.69, 9.17) is 52.1 Å². The number of ether oxygens (including phenoxy) is 4. The van der Waals surface area contributed by atoms with Crippen LogP contribution in [0, 0.1) is 0 Å². The summed E-state index contributed by atoms with van der Waals surface area (Å²) in [4.78, 5) is 19.7. The third-order valence-electron chi connectivity index (χ3n) is 10.8. The molecule has 0 saturated carbocycles. The van der Waals surface area contributed by atoms with Crippen LogP contribution < -0.4 is 23.8 Å². The van der Waals surface area contributed by atoms with E-state index in [1.54, 1.807) is 28.4 Å². The van der Waals surface area contributed by atoms with Gasteiger partial charge in [0.25, 0.3) is 0 Å². The van der Waals surface area contributed by atoms with Crippen LogP contribution >= 0.6 is 23.2 Å². The second-order valence-corrected chi connectivity index (χ2v) is 15.3. The molecular formula is C52H41Cl2N5O4. The summed E-state index contributed by atoms with van der Waals surface area (Å²) < 4.78 is 22.3. The van der Waals surface area contributed by atoms with E-state index < -0.39 is 0 Å². The summed E-state index contributed by atoms with van der Waals surface area (Å²) >= 11 is 13.5. The first-order chi connectivity index (χ1) is 30.9. The van der Waals surface area contributed by atoms with Gasteiger partial charge in [-0.05, 0) is 109 Å². The topological polar surface area (TPSA) is 97.5 Å². The van der Waals surface area contributed by atoms with Crippen molar-refractivity contribution in [3.05, 3.63) is 174 Å². The van der Waals surface area contributed by atoms with Gasteiger partial charge < -0.3 is 33.8 Å². The van der Waals surface area contributed by atoms with Crippen molar-refractivity contribution in [3.63, 3.8) is 0 Å². The molecule has 0 aliphatic heterocycles. The van der Waals surface area contributed by atoms with Crippen LogP contribution in [-0.4, -0.2) is 48.4 Å². The zero-order valence-electron chi connectivity index (χ0n) is 34.8. The van der Waals surface area contributed by atoms with Crippen LogP contribution in [0.5, 0.6) is 23.0 Å². The summed E-state index contributed by atoms with van der Waals surface area (Å²) in [6.45, 7) is 0. The molecule has 0 bridgehead atoms. The van der Waals surface area contributed by atoms with E-state index >= 15 is 0 Å². The summed E-state index contributed by atoms with van der Waals surface area (Å²) in [6.07, 6.45) is 0. The van der Waals surface area contributed by atoms with Gasteiger partial charge in [-0.25, -0.2) is 9.97 Å². The van der Waals surface area contributed by atoms with E-state index in [9.17, 15) is 0 Å². The first kappa shape index (κ1) is 40.9. The largest absolute Gasteiger partial charge is 0.493 e. The van der Waals surface area contributed by atoms with E-state index in [-0.39, 0.29) is 0 Å². The minimum Gasteiger partial charge on any atom is -0.493 e. The highest BCUT2D eigenvalue weighted by Crippen LogP contribution is 2.43. The fourth-order valence-corrected chi connectivity index (χ4v) is 8.14. The van der Waals surface area contributed by atoms with Crippen molar-refractivity contribution in [2.45, 2.75) is 0 Å². The number of rotatable bonds is 13. The number of methoxy groups -OCH3 is 4. The Morgan fingerprint density at radius 3 is 1.16 bits per heavy atom. The molecule has 9 nitrogen and oxygen atoms in total. The van der Waals surface area contributed by atoms with Crippen LogP contribution in [0.15, 0.2) is 164 Å². The molecular weight excluding hydrogens is 830 g/mol. The monoisotopic (exact) mass is 869 g/mol. The van der Waals surface area contributed by atoms with E-state index in [1.807, 2.05) is 103 Å². The fraction of sp³-hybridized carbons (Fsp3) is 0.0769. The first-order valence-electron chi connectivity index (χ1n) is 20.1. The molecule has 2 heterocycles. The van der Waals surface area contributed by atoms with E-state index in [0.29, 0.717) is 44.7 Å². The molecule has 0 amide bonds. The molecule has 0 aliphatic carbocycles. The Kier molecular flexibility index (Phi) is 11.6. The van der Waals surface area contributed by atoms with Gasteiger partial charge in [-0.15, -0.1) is 0 Å². The Balaban J connectivity index is 1.08. The molecule has 11 heteroatoms. The standard InChI is InChI=1S/C52H41Cl2N5O4/c1-60-43-28-22-34(30-45(43)62-3)47-49(39-14-8-10-16-41(39)53)57-51(55-47)32-18-24-37(25-19-32)59(36-12-6-5-7-13-36)38-26-20-33(21-27-38)52-56-48(35-23-29-44(61-2)46(31-35)63-4)50(58-52)40-15-9-11-17-42(40)54/h5-31H,1-4H3,(H,55,57)(H,56,58). The van der Waals surface area contributed by atoms with Crippen molar-refractivity contribution in [3.8, 4) is 90.8 Å². The Labute approximate surface area is 375 Å². The molecule has 2 aromatic heterocycles. The Hall–Kier alpha value is -7.46. The van der Waals surface area contributed by atoms with Crippen molar-refractivity contribution in [1.82, 2.24) is 19.9 Å².